The van der Waals surface area contributed by atoms with E-state index in [1.807, 2.05) is 35.2 Å². The lowest BCUT2D eigenvalue weighted by Crippen LogP contribution is -2.48. The molecule has 0 saturated carbocycles. The Bertz CT molecular complexity index is 714. The normalized spacial score (nSPS) is 14.7. The third kappa shape index (κ3) is 4.04. The molecule has 1 saturated heterocycles. The standard InChI is InChI=1S/C15H17N5O2S2/c16-12(21)10-23-15-18-17-14(24-15)20-8-6-19(7-9-20)13(22)11-4-2-1-3-5-11/h1-5H,6-10H2,(H2,16,21). The maximum absolute atomic E-state index is 12.4. The summed E-state index contributed by atoms with van der Waals surface area (Å²) >= 11 is 2.74. The number of rotatable bonds is 5. The predicted molar refractivity (Wildman–Crippen MR) is 94.4 cm³/mol. The van der Waals surface area contributed by atoms with Crippen LogP contribution in [0.2, 0.25) is 0 Å². The molecule has 2 heterocycles. The molecule has 9 heteroatoms. The molecular weight excluding hydrogens is 346 g/mol. The Morgan fingerprint density at radius 2 is 1.83 bits per heavy atom. The van der Waals surface area contributed by atoms with Gasteiger partial charge in [-0.15, -0.1) is 10.2 Å². The van der Waals surface area contributed by atoms with Crippen molar-refractivity contribution in [2.24, 2.45) is 5.73 Å². The number of piperazine rings is 1. The van der Waals surface area contributed by atoms with Crippen molar-refractivity contribution in [2.75, 3.05) is 36.8 Å². The Balaban J connectivity index is 1.55. The molecule has 0 spiro atoms. The minimum Gasteiger partial charge on any atom is -0.369 e. The zero-order chi connectivity index (χ0) is 16.9. The highest BCUT2D eigenvalue weighted by Gasteiger charge is 2.24. The number of anilines is 1. The summed E-state index contributed by atoms with van der Waals surface area (Å²) in [7, 11) is 0. The van der Waals surface area contributed by atoms with Gasteiger partial charge in [0.15, 0.2) is 4.34 Å². The molecule has 1 aliphatic rings. The minimum absolute atomic E-state index is 0.0604. The number of nitrogens with zero attached hydrogens (tertiary/aromatic N) is 4. The lowest BCUT2D eigenvalue weighted by Gasteiger charge is -2.34. The fourth-order valence-electron chi connectivity index (χ4n) is 2.39. The quantitative estimate of drug-likeness (QED) is 0.799. The molecule has 2 N–H and O–H groups in total. The highest BCUT2D eigenvalue weighted by Crippen LogP contribution is 2.28. The van der Waals surface area contributed by atoms with E-state index >= 15 is 0 Å². The Labute approximate surface area is 147 Å². The second-order valence-electron chi connectivity index (χ2n) is 5.25. The highest BCUT2D eigenvalue weighted by atomic mass is 32.2. The molecule has 2 aromatic rings. The number of hydrogen-bond acceptors (Lipinski definition) is 7. The maximum atomic E-state index is 12.4. The first kappa shape index (κ1) is 16.7. The number of primary amides is 1. The van der Waals surface area contributed by atoms with E-state index in [9.17, 15) is 9.59 Å². The summed E-state index contributed by atoms with van der Waals surface area (Å²) < 4.78 is 0.728. The number of thioether (sulfide) groups is 1. The van der Waals surface area contributed by atoms with Crippen molar-refractivity contribution in [1.82, 2.24) is 15.1 Å². The van der Waals surface area contributed by atoms with Crippen LogP contribution in [0, 0.1) is 0 Å². The van der Waals surface area contributed by atoms with Crippen molar-refractivity contribution < 1.29 is 9.59 Å². The molecule has 0 bridgehead atoms. The molecule has 1 aromatic heterocycles. The Morgan fingerprint density at radius 3 is 2.50 bits per heavy atom. The monoisotopic (exact) mass is 363 g/mol. The second kappa shape index (κ2) is 7.63. The summed E-state index contributed by atoms with van der Waals surface area (Å²) in [5.74, 6) is -0.108. The number of carbonyl (C=O) groups is 2. The van der Waals surface area contributed by atoms with E-state index in [0.29, 0.717) is 31.7 Å². The number of hydrogen-bond donors (Lipinski definition) is 1. The zero-order valence-electron chi connectivity index (χ0n) is 12.9. The Morgan fingerprint density at radius 1 is 1.12 bits per heavy atom. The van der Waals surface area contributed by atoms with Crippen LogP contribution < -0.4 is 10.6 Å². The van der Waals surface area contributed by atoms with Crippen molar-refractivity contribution in [1.29, 1.82) is 0 Å². The average molecular weight is 363 g/mol. The van der Waals surface area contributed by atoms with Crippen molar-refractivity contribution in [3.8, 4) is 0 Å². The van der Waals surface area contributed by atoms with Gasteiger partial charge in [-0.1, -0.05) is 41.3 Å². The first-order chi connectivity index (χ1) is 11.6. The number of nitrogens with two attached hydrogens (primary N) is 1. The van der Waals surface area contributed by atoms with E-state index < -0.39 is 0 Å². The van der Waals surface area contributed by atoms with E-state index in [4.69, 9.17) is 5.73 Å². The third-order valence-corrected chi connectivity index (χ3v) is 5.73. The van der Waals surface area contributed by atoms with Crippen molar-refractivity contribution in [3.63, 3.8) is 0 Å². The molecule has 3 rings (SSSR count). The van der Waals surface area contributed by atoms with E-state index in [1.165, 1.54) is 23.1 Å². The molecule has 1 fully saturated rings. The molecule has 0 radical (unpaired) electrons. The lowest BCUT2D eigenvalue weighted by molar-refractivity contribution is -0.115. The fraction of sp³-hybridized carbons (Fsp3) is 0.333. The third-order valence-electron chi connectivity index (χ3n) is 3.59. The van der Waals surface area contributed by atoms with E-state index in [1.54, 1.807) is 0 Å². The fourth-order valence-corrected chi connectivity index (χ4v) is 4.02. The van der Waals surface area contributed by atoms with Gasteiger partial charge in [0.1, 0.15) is 0 Å². The lowest BCUT2D eigenvalue weighted by atomic mass is 10.2. The Hall–Kier alpha value is -2.13. The van der Waals surface area contributed by atoms with Gasteiger partial charge >= 0.3 is 0 Å². The summed E-state index contributed by atoms with van der Waals surface area (Å²) in [5.41, 5.74) is 5.85. The molecule has 24 heavy (non-hydrogen) atoms. The molecule has 0 atom stereocenters. The summed E-state index contributed by atoms with van der Waals surface area (Å²) in [4.78, 5) is 27.2. The van der Waals surface area contributed by atoms with Gasteiger partial charge in [-0.3, -0.25) is 9.59 Å². The smallest absolute Gasteiger partial charge is 0.253 e. The average Bonchev–Trinajstić information content (AvgIpc) is 3.09. The minimum atomic E-state index is -0.371. The second-order valence-corrected chi connectivity index (χ2v) is 7.43. The van der Waals surface area contributed by atoms with E-state index in [-0.39, 0.29) is 17.6 Å². The maximum Gasteiger partial charge on any atom is 0.253 e. The van der Waals surface area contributed by atoms with Crippen molar-refractivity contribution in [2.45, 2.75) is 4.34 Å². The van der Waals surface area contributed by atoms with Gasteiger partial charge in [0.05, 0.1) is 5.75 Å². The number of carbonyl (C=O) groups excluding carboxylic acids is 2. The van der Waals surface area contributed by atoms with Gasteiger partial charge in [-0.25, -0.2) is 0 Å². The highest BCUT2D eigenvalue weighted by molar-refractivity contribution is 8.01. The van der Waals surface area contributed by atoms with Crippen molar-refractivity contribution >= 4 is 40.0 Å². The molecule has 0 unspecified atom stereocenters. The van der Waals surface area contributed by atoms with Crippen LogP contribution in [-0.4, -0.2) is 58.8 Å². The number of amides is 2. The van der Waals surface area contributed by atoms with Crippen LogP contribution in [0.5, 0.6) is 0 Å². The molecule has 0 aliphatic carbocycles. The van der Waals surface area contributed by atoms with Gasteiger partial charge < -0.3 is 15.5 Å². The van der Waals surface area contributed by atoms with Gasteiger partial charge in [-0.05, 0) is 12.1 Å². The molecule has 7 nitrogen and oxygen atoms in total. The first-order valence-corrected chi connectivity index (χ1v) is 9.27. The van der Waals surface area contributed by atoms with Crippen LogP contribution >= 0.6 is 23.1 Å². The first-order valence-electron chi connectivity index (χ1n) is 7.47. The predicted octanol–water partition coefficient (Wildman–Crippen LogP) is 1.08. The van der Waals surface area contributed by atoms with Gasteiger partial charge in [0, 0.05) is 31.7 Å². The molecule has 2 amide bonds. The summed E-state index contributed by atoms with van der Waals surface area (Å²) in [5, 5.41) is 9.04. The molecule has 1 aliphatic heterocycles. The number of aromatic nitrogens is 2. The largest absolute Gasteiger partial charge is 0.369 e. The van der Waals surface area contributed by atoms with Crippen LogP contribution in [0.15, 0.2) is 34.7 Å². The summed E-state index contributed by atoms with van der Waals surface area (Å²) in [6, 6.07) is 9.31. The molecular formula is C15H17N5O2S2. The van der Waals surface area contributed by atoms with Crippen molar-refractivity contribution in [3.05, 3.63) is 35.9 Å². The SMILES string of the molecule is NC(=O)CSc1nnc(N2CCN(C(=O)c3ccccc3)CC2)s1. The number of benzene rings is 1. The molecule has 1 aromatic carbocycles. The van der Waals surface area contributed by atoms with Crippen LogP contribution in [0.3, 0.4) is 0 Å². The summed E-state index contributed by atoms with van der Waals surface area (Å²) in [6.45, 7) is 2.73. The van der Waals surface area contributed by atoms with Gasteiger partial charge in [0.25, 0.3) is 5.91 Å². The topological polar surface area (TPSA) is 92.4 Å². The van der Waals surface area contributed by atoms with E-state index in [0.717, 1.165) is 9.47 Å². The Kier molecular flexibility index (Phi) is 5.31. The van der Waals surface area contributed by atoms with Crippen LogP contribution in [0.1, 0.15) is 10.4 Å². The summed E-state index contributed by atoms with van der Waals surface area (Å²) in [6.07, 6.45) is 0. The van der Waals surface area contributed by atoms with Gasteiger partial charge in [-0.2, -0.15) is 0 Å². The van der Waals surface area contributed by atoms with Crippen LogP contribution in [-0.2, 0) is 4.79 Å². The zero-order valence-corrected chi connectivity index (χ0v) is 14.6. The van der Waals surface area contributed by atoms with Gasteiger partial charge in [0.2, 0.25) is 11.0 Å². The van der Waals surface area contributed by atoms with Crippen LogP contribution in [0.4, 0.5) is 5.13 Å². The molecule has 126 valence electrons. The van der Waals surface area contributed by atoms with Crippen LogP contribution in [0.25, 0.3) is 0 Å². The van der Waals surface area contributed by atoms with E-state index in [2.05, 4.69) is 15.1 Å².